The van der Waals surface area contributed by atoms with E-state index in [1.165, 1.54) is 0 Å². The minimum atomic E-state index is 0.0156. The maximum atomic E-state index is 8.94. The van der Waals surface area contributed by atoms with Crippen molar-refractivity contribution < 1.29 is 9.84 Å². The van der Waals surface area contributed by atoms with E-state index in [-0.39, 0.29) is 6.61 Å². The zero-order valence-electron chi connectivity index (χ0n) is 10.1. The van der Waals surface area contributed by atoms with E-state index in [0.717, 1.165) is 11.1 Å². The van der Waals surface area contributed by atoms with Crippen molar-refractivity contribution in [2.24, 2.45) is 0 Å². The highest BCUT2D eigenvalue weighted by atomic mass is 35.5. The van der Waals surface area contributed by atoms with E-state index >= 15 is 0 Å². The molecule has 0 aliphatic heterocycles. The van der Waals surface area contributed by atoms with E-state index in [2.05, 4.69) is 0 Å². The Morgan fingerprint density at radius 3 is 2.47 bits per heavy atom. The maximum absolute atomic E-state index is 8.94. The van der Waals surface area contributed by atoms with Crippen LogP contribution >= 0.6 is 11.6 Å². The SMILES string of the molecule is N#Cc1ccc(COc2ccc(CO)cc2)c(Cl)c1. The summed E-state index contributed by atoms with van der Waals surface area (Å²) in [7, 11) is 0. The number of hydrogen-bond acceptors (Lipinski definition) is 3. The van der Waals surface area contributed by atoms with Crippen molar-refractivity contribution in [1.29, 1.82) is 5.26 Å². The lowest BCUT2D eigenvalue weighted by molar-refractivity contribution is 0.280. The van der Waals surface area contributed by atoms with Gasteiger partial charge >= 0.3 is 0 Å². The number of rotatable bonds is 4. The van der Waals surface area contributed by atoms with Crippen molar-refractivity contribution >= 4 is 11.6 Å². The van der Waals surface area contributed by atoms with Crippen LogP contribution in [0.1, 0.15) is 16.7 Å². The lowest BCUT2D eigenvalue weighted by Gasteiger charge is -2.08. The van der Waals surface area contributed by atoms with E-state index < -0.39 is 0 Å². The third-order valence-electron chi connectivity index (χ3n) is 2.68. The third-order valence-corrected chi connectivity index (χ3v) is 3.03. The zero-order valence-corrected chi connectivity index (χ0v) is 10.9. The fourth-order valence-electron chi connectivity index (χ4n) is 1.59. The summed E-state index contributed by atoms with van der Waals surface area (Å²) >= 11 is 6.06. The molecule has 0 amide bonds. The number of nitrogens with zero attached hydrogens (tertiary/aromatic N) is 1. The molecule has 0 saturated carbocycles. The molecule has 0 heterocycles. The fraction of sp³-hybridized carbons (Fsp3) is 0.133. The molecule has 0 aliphatic rings. The van der Waals surface area contributed by atoms with Crippen LogP contribution in [0.5, 0.6) is 5.75 Å². The van der Waals surface area contributed by atoms with Gasteiger partial charge in [-0.05, 0) is 29.8 Å². The minimum Gasteiger partial charge on any atom is -0.489 e. The van der Waals surface area contributed by atoms with Crippen molar-refractivity contribution in [2.45, 2.75) is 13.2 Å². The van der Waals surface area contributed by atoms with Gasteiger partial charge in [-0.1, -0.05) is 29.8 Å². The van der Waals surface area contributed by atoms with Gasteiger partial charge in [0.05, 0.1) is 18.2 Å². The van der Waals surface area contributed by atoms with E-state index in [0.29, 0.717) is 22.9 Å². The first-order valence-electron chi connectivity index (χ1n) is 5.74. The molecule has 0 unspecified atom stereocenters. The molecule has 0 saturated heterocycles. The third kappa shape index (κ3) is 3.47. The van der Waals surface area contributed by atoms with Gasteiger partial charge in [-0.2, -0.15) is 5.26 Å². The molecule has 0 bridgehead atoms. The summed E-state index contributed by atoms with van der Waals surface area (Å²) in [6.07, 6.45) is 0. The van der Waals surface area contributed by atoms with Crippen molar-refractivity contribution in [1.82, 2.24) is 0 Å². The standard InChI is InChI=1S/C15H12ClNO2/c16-15-7-12(8-17)1-4-13(15)10-19-14-5-2-11(9-18)3-6-14/h1-7,18H,9-10H2. The zero-order chi connectivity index (χ0) is 13.7. The smallest absolute Gasteiger partial charge is 0.119 e. The molecule has 0 radical (unpaired) electrons. The van der Waals surface area contributed by atoms with E-state index in [1.807, 2.05) is 6.07 Å². The largest absolute Gasteiger partial charge is 0.489 e. The van der Waals surface area contributed by atoms with Crippen LogP contribution < -0.4 is 4.74 Å². The molecule has 96 valence electrons. The van der Waals surface area contributed by atoms with Crippen LogP contribution in [0.15, 0.2) is 42.5 Å². The summed E-state index contributed by atoms with van der Waals surface area (Å²) < 4.78 is 5.60. The normalized spacial score (nSPS) is 9.95. The highest BCUT2D eigenvalue weighted by molar-refractivity contribution is 6.31. The Morgan fingerprint density at radius 2 is 1.89 bits per heavy atom. The van der Waals surface area contributed by atoms with Gasteiger partial charge in [0.25, 0.3) is 0 Å². The lowest BCUT2D eigenvalue weighted by Crippen LogP contribution is -1.97. The summed E-state index contributed by atoms with van der Waals surface area (Å²) in [5.74, 6) is 0.706. The molecule has 2 aromatic carbocycles. The first-order valence-corrected chi connectivity index (χ1v) is 6.12. The van der Waals surface area contributed by atoms with E-state index in [9.17, 15) is 0 Å². The molecule has 19 heavy (non-hydrogen) atoms. The van der Waals surface area contributed by atoms with Gasteiger partial charge in [-0.3, -0.25) is 0 Å². The van der Waals surface area contributed by atoms with Crippen molar-refractivity contribution in [3.63, 3.8) is 0 Å². The molecule has 0 atom stereocenters. The number of nitriles is 1. The molecule has 0 aliphatic carbocycles. The molecule has 2 aromatic rings. The number of halogens is 1. The second-order valence-corrected chi connectivity index (χ2v) is 4.42. The van der Waals surface area contributed by atoms with Gasteiger partial charge < -0.3 is 9.84 Å². The molecular formula is C15H12ClNO2. The molecule has 3 nitrogen and oxygen atoms in total. The topological polar surface area (TPSA) is 53.2 Å². The molecule has 0 aromatic heterocycles. The second kappa shape index (κ2) is 6.24. The van der Waals surface area contributed by atoms with Crippen molar-refractivity contribution in [2.75, 3.05) is 0 Å². The maximum Gasteiger partial charge on any atom is 0.119 e. The van der Waals surface area contributed by atoms with Gasteiger partial charge in [0, 0.05) is 10.6 Å². The van der Waals surface area contributed by atoms with Crippen LogP contribution in [0.3, 0.4) is 0 Å². The van der Waals surface area contributed by atoms with Crippen molar-refractivity contribution in [3.8, 4) is 11.8 Å². The molecule has 0 spiro atoms. The first-order chi connectivity index (χ1) is 9.22. The van der Waals surface area contributed by atoms with Crippen LogP contribution in [0.25, 0.3) is 0 Å². The molecular weight excluding hydrogens is 262 g/mol. The summed E-state index contributed by atoms with van der Waals surface area (Å²) in [4.78, 5) is 0. The second-order valence-electron chi connectivity index (χ2n) is 4.01. The average molecular weight is 274 g/mol. The number of ether oxygens (including phenoxy) is 1. The number of hydrogen-bond donors (Lipinski definition) is 1. The monoisotopic (exact) mass is 273 g/mol. The van der Waals surface area contributed by atoms with Crippen molar-refractivity contribution in [3.05, 3.63) is 64.2 Å². The van der Waals surface area contributed by atoms with E-state index in [4.69, 9.17) is 26.7 Å². The predicted octanol–water partition coefficient (Wildman–Crippen LogP) is 3.28. The Hall–Kier alpha value is -2.02. The molecule has 4 heteroatoms. The predicted molar refractivity (Wildman–Crippen MR) is 72.9 cm³/mol. The number of aliphatic hydroxyl groups excluding tert-OH is 1. The minimum absolute atomic E-state index is 0.0156. The molecule has 2 rings (SSSR count). The van der Waals surface area contributed by atoms with Crippen LogP contribution in [0, 0.1) is 11.3 Å². The first kappa shape index (κ1) is 13.4. The Balaban J connectivity index is 2.04. The summed E-state index contributed by atoms with van der Waals surface area (Å²) in [5.41, 5.74) is 2.19. The summed E-state index contributed by atoms with van der Waals surface area (Å²) in [6, 6.07) is 14.3. The summed E-state index contributed by atoms with van der Waals surface area (Å²) in [6.45, 7) is 0.352. The van der Waals surface area contributed by atoms with Gasteiger partial charge in [-0.25, -0.2) is 0 Å². The van der Waals surface area contributed by atoms with Gasteiger partial charge in [0.2, 0.25) is 0 Å². The highest BCUT2D eigenvalue weighted by Crippen LogP contribution is 2.20. The van der Waals surface area contributed by atoms with E-state index in [1.54, 1.807) is 42.5 Å². The number of benzene rings is 2. The Morgan fingerprint density at radius 1 is 1.16 bits per heavy atom. The van der Waals surface area contributed by atoms with Gasteiger partial charge in [0.1, 0.15) is 12.4 Å². The van der Waals surface area contributed by atoms with Crippen LogP contribution in [-0.4, -0.2) is 5.11 Å². The lowest BCUT2D eigenvalue weighted by atomic mass is 10.1. The van der Waals surface area contributed by atoms with Gasteiger partial charge in [0.15, 0.2) is 0 Å². The van der Waals surface area contributed by atoms with Crippen LogP contribution in [0.4, 0.5) is 0 Å². The fourth-order valence-corrected chi connectivity index (χ4v) is 1.82. The Kier molecular flexibility index (Phi) is 4.40. The number of aliphatic hydroxyl groups is 1. The van der Waals surface area contributed by atoms with Crippen LogP contribution in [0.2, 0.25) is 5.02 Å². The summed E-state index contributed by atoms with van der Waals surface area (Å²) in [5, 5.41) is 18.2. The van der Waals surface area contributed by atoms with Crippen LogP contribution in [-0.2, 0) is 13.2 Å². The Labute approximate surface area is 116 Å². The Bertz CT molecular complexity index is 603. The molecule has 1 N–H and O–H groups in total. The average Bonchev–Trinajstić information content (AvgIpc) is 2.46. The van der Waals surface area contributed by atoms with Gasteiger partial charge in [-0.15, -0.1) is 0 Å². The quantitative estimate of drug-likeness (QED) is 0.930. The highest BCUT2D eigenvalue weighted by Gasteiger charge is 2.03. The molecule has 0 fully saturated rings.